The summed E-state index contributed by atoms with van der Waals surface area (Å²) >= 11 is 0.727. The summed E-state index contributed by atoms with van der Waals surface area (Å²) in [7, 11) is 1.74. The van der Waals surface area contributed by atoms with Gasteiger partial charge in [0.15, 0.2) is 0 Å². The normalized spacial score (nSPS) is 12.6. The molecule has 0 spiro atoms. The lowest BCUT2D eigenvalue weighted by Crippen LogP contribution is -2.12. The third-order valence-corrected chi connectivity index (χ3v) is 7.97. The quantitative estimate of drug-likeness (QED) is 0.165. The highest BCUT2D eigenvalue weighted by Gasteiger charge is 2.24. The van der Waals surface area contributed by atoms with Crippen LogP contribution in [0, 0.1) is 22.7 Å². The van der Waals surface area contributed by atoms with E-state index < -0.39 is 11.9 Å². The summed E-state index contributed by atoms with van der Waals surface area (Å²) in [4.78, 5) is 25.2. The van der Waals surface area contributed by atoms with E-state index in [1.165, 1.54) is 0 Å². The average Bonchev–Trinajstić information content (AvgIpc) is 2.93. The molecule has 0 aromatic heterocycles. The molecule has 2 rings (SSSR count). The topological polar surface area (TPSA) is 152 Å². The zero-order valence-corrected chi connectivity index (χ0v) is 22.5. The van der Waals surface area contributed by atoms with Crippen molar-refractivity contribution < 1.29 is 19.1 Å². The van der Waals surface area contributed by atoms with Gasteiger partial charge in [-0.05, 0) is 46.6 Å². The van der Waals surface area contributed by atoms with Gasteiger partial charge < -0.3 is 20.9 Å². The minimum Gasteiger partial charge on any atom is -0.462 e. The second-order valence-electron chi connectivity index (χ2n) is 6.81. The SMILES string of the molecule is CCOC(=O)/C(SS/C(C#N)=C(/C#N)S/C(C(=O)OCC)=C(/N)c1ccccc1)=C(\N)c1ccccc1. The van der Waals surface area contributed by atoms with Crippen molar-refractivity contribution in [3.8, 4) is 12.1 Å². The van der Waals surface area contributed by atoms with E-state index in [2.05, 4.69) is 0 Å². The van der Waals surface area contributed by atoms with Gasteiger partial charge in [-0.2, -0.15) is 10.5 Å². The van der Waals surface area contributed by atoms with E-state index in [4.69, 9.17) is 20.9 Å². The molecular weight excluding hydrogens is 529 g/mol. The first kappa shape index (κ1) is 29.5. The van der Waals surface area contributed by atoms with E-state index in [1.54, 1.807) is 68.4 Å². The molecule has 0 saturated heterocycles. The number of rotatable bonds is 11. The van der Waals surface area contributed by atoms with Crippen molar-refractivity contribution in [3.63, 3.8) is 0 Å². The highest BCUT2D eigenvalue weighted by atomic mass is 33.1. The molecule has 0 fully saturated rings. The predicted molar refractivity (Wildman–Crippen MR) is 149 cm³/mol. The fourth-order valence-electron chi connectivity index (χ4n) is 2.70. The molecule has 4 N–H and O–H groups in total. The molecule has 2 aromatic carbocycles. The Balaban J connectivity index is 2.48. The summed E-state index contributed by atoms with van der Waals surface area (Å²) in [5.74, 6) is -1.39. The second kappa shape index (κ2) is 15.4. The summed E-state index contributed by atoms with van der Waals surface area (Å²) in [6.45, 7) is 3.53. The van der Waals surface area contributed by atoms with Crippen LogP contribution in [0.25, 0.3) is 11.4 Å². The molecule has 37 heavy (non-hydrogen) atoms. The molecular formula is C26H24N4O4S3. The fourth-order valence-corrected chi connectivity index (χ4v) is 5.86. The van der Waals surface area contributed by atoms with Crippen LogP contribution in [0.3, 0.4) is 0 Å². The highest BCUT2D eigenvalue weighted by Crippen LogP contribution is 2.43. The van der Waals surface area contributed by atoms with Crippen molar-refractivity contribution in [2.75, 3.05) is 13.2 Å². The molecule has 8 nitrogen and oxygen atoms in total. The molecule has 0 aliphatic heterocycles. The van der Waals surface area contributed by atoms with Crippen LogP contribution in [0.5, 0.6) is 0 Å². The van der Waals surface area contributed by atoms with E-state index >= 15 is 0 Å². The maximum absolute atomic E-state index is 12.7. The fraction of sp³-hybridized carbons (Fsp3) is 0.154. The number of thioether (sulfide) groups is 1. The second-order valence-corrected chi connectivity index (χ2v) is 9.98. The smallest absolute Gasteiger partial charge is 0.347 e. The van der Waals surface area contributed by atoms with Gasteiger partial charge in [0.1, 0.15) is 31.8 Å². The minimum absolute atomic E-state index is 0.0343. The van der Waals surface area contributed by atoms with Crippen LogP contribution in [0.15, 0.2) is 80.3 Å². The van der Waals surface area contributed by atoms with Crippen molar-refractivity contribution in [1.29, 1.82) is 10.5 Å². The molecule has 0 amide bonds. The summed E-state index contributed by atoms with van der Waals surface area (Å²) in [6, 6.07) is 21.5. The lowest BCUT2D eigenvalue weighted by Gasteiger charge is -2.12. The van der Waals surface area contributed by atoms with Gasteiger partial charge in [-0.15, -0.1) is 0 Å². The maximum atomic E-state index is 12.7. The standard InChI is InChI=1S/C26H24N4O4S3/c1-3-33-25(31)23(21(29)17-11-7-5-8-12-17)35-19(15-27)20(16-28)36-37-24(26(32)34-4-2)22(30)18-13-9-6-10-14-18/h5-14H,3-4,29-30H2,1-2H3/b20-19-,23-21+,24-22+. The van der Waals surface area contributed by atoms with Gasteiger partial charge in [0, 0.05) is 0 Å². The predicted octanol–water partition coefficient (Wildman–Crippen LogP) is 5.14. The molecule has 0 bridgehead atoms. The largest absolute Gasteiger partial charge is 0.462 e. The van der Waals surface area contributed by atoms with E-state index in [9.17, 15) is 20.1 Å². The Morgan fingerprint density at radius 1 is 0.730 bits per heavy atom. The van der Waals surface area contributed by atoms with Crippen LogP contribution in [0.2, 0.25) is 0 Å². The van der Waals surface area contributed by atoms with E-state index in [0.29, 0.717) is 11.1 Å². The Morgan fingerprint density at radius 2 is 1.16 bits per heavy atom. The third-order valence-electron chi connectivity index (χ3n) is 4.40. The van der Waals surface area contributed by atoms with Gasteiger partial charge in [0.2, 0.25) is 0 Å². The van der Waals surface area contributed by atoms with Crippen LogP contribution >= 0.6 is 33.3 Å². The number of nitrogens with two attached hydrogens (primary N) is 2. The summed E-state index contributed by atoms with van der Waals surface area (Å²) in [5, 5.41) is 19.7. The van der Waals surface area contributed by atoms with E-state index in [0.717, 1.165) is 33.3 Å². The summed E-state index contributed by atoms with van der Waals surface area (Å²) in [6.07, 6.45) is 0. The van der Waals surface area contributed by atoms with Crippen LogP contribution in [0.4, 0.5) is 0 Å². The van der Waals surface area contributed by atoms with Crippen molar-refractivity contribution in [2.24, 2.45) is 11.5 Å². The Labute approximate surface area is 227 Å². The first-order chi connectivity index (χ1) is 17.9. The summed E-state index contributed by atoms with van der Waals surface area (Å²) < 4.78 is 10.3. The highest BCUT2D eigenvalue weighted by molar-refractivity contribution is 8.80. The zero-order chi connectivity index (χ0) is 27.2. The van der Waals surface area contributed by atoms with Crippen LogP contribution < -0.4 is 11.5 Å². The number of benzene rings is 2. The van der Waals surface area contributed by atoms with Gasteiger partial charge in [-0.3, -0.25) is 0 Å². The Morgan fingerprint density at radius 3 is 1.59 bits per heavy atom. The zero-order valence-electron chi connectivity index (χ0n) is 20.1. The number of carbonyl (C=O) groups is 2. The monoisotopic (exact) mass is 552 g/mol. The maximum Gasteiger partial charge on any atom is 0.347 e. The molecule has 0 radical (unpaired) electrons. The van der Waals surface area contributed by atoms with E-state index in [-0.39, 0.29) is 44.2 Å². The Bertz CT molecular complexity index is 1290. The van der Waals surface area contributed by atoms with Gasteiger partial charge in [0.05, 0.1) is 24.6 Å². The number of nitriles is 2. The van der Waals surface area contributed by atoms with Gasteiger partial charge in [-0.25, -0.2) is 9.59 Å². The van der Waals surface area contributed by atoms with Gasteiger partial charge >= 0.3 is 11.9 Å². The molecule has 0 aliphatic rings. The van der Waals surface area contributed by atoms with Crippen LogP contribution in [-0.2, 0) is 19.1 Å². The molecule has 11 heteroatoms. The molecule has 0 unspecified atom stereocenters. The minimum atomic E-state index is -0.725. The van der Waals surface area contributed by atoms with Crippen LogP contribution in [0.1, 0.15) is 25.0 Å². The van der Waals surface area contributed by atoms with Gasteiger partial charge in [-0.1, -0.05) is 72.4 Å². The molecule has 0 aliphatic carbocycles. The molecule has 0 saturated carbocycles. The van der Waals surface area contributed by atoms with E-state index in [1.807, 2.05) is 18.2 Å². The van der Waals surface area contributed by atoms with Crippen LogP contribution in [-0.4, -0.2) is 25.2 Å². The lowest BCUT2D eigenvalue weighted by atomic mass is 10.1. The average molecular weight is 553 g/mol. The summed E-state index contributed by atoms with van der Waals surface area (Å²) in [5.41, 5.74) is 13.9. The van der Waals surface area contributed by atoms with Crippen molar-refractivity contribution in [3.05, 3.63) is 91.4 Å². The first-order valence-electron chi connectivity index (χ1n) is 10.9. The number of hydrogen-bond acceptors (Lipinski definition) is 11. The molecule has 0 heterocycles. The van der Waals surface area contributed by atoms with Crippen molar-refractivity contribution >= 4 is 56.7 Å². The van der Waals surface area contributed by atoms with Gasteiger partial charge in [0.25, 0.3) is 0 Å². The number of esters is 2. The number of ether oxygens (including phenoxy) is 2. The molecule has 2 aromatic rings. The number of nitrogens with zero attached hydrogens (tertiary/aromatic N) is 2. The number of hydrogen-bond donors (Lipinski definition) is 2. The Kier molecular flexibility index (Phi) is 12.2. The molecule has 190 valence electrons. The third kappa shape index (κ3) is 8.40. The van der Waals surface area contributed by atoms with Crippen molar-refractivity contribution in [1.82, 2.24) is 0 Å². The first-order valence-corrected chi connectivity index (χ1v) is 13.9. The number of allylic oxidation sites excluding steroid dienone is 2. The lowest BCUT2D eigenvalue weighted by molar-refractivity contribution is -0.138. The number of carbonyl (C=O) groups excluding carboxylic acids is 2. The Hall–Kier alpha value is -3.77. The molecule has 0 atom stereocenters. The van der Waals surface area contributed by atoms with Crippen molar-refractivity contribution in [2.45, 2.75) is 13.8 Å².